The number of hydrogen-bond donors (Lipinski definition) is 1. The van der Waals surface area contributed by atoms with Gasteiger partial charge in [0.05, 0.1) is 0 Å². The lowest BCUT2D eigenvalue weighted by atomic mass is 10.2. The molecule has 0 saturated carbocycles. The summed E-state index contributed by atoms with van der Waals surface area (Å²) in [5.41, 5.74) is 1.59. The Labute approximate surface area is 162 Å². The molecule has 0 bridgehead atoms. The van der Waals surface area contributed by atoms with E-state index in [9.17, 15) is 14.4 Å². The number of hydrogen-bond acceptors (Lipinski definition) is 4. The van der Waals surface area contributed by atoms with Crippen LogP contribution in [0.25, 0.3) is 5.65 Å². The first-order valence-corrected chi connectivity index (χ1v) is 9.12. The van der Waals surface area contributed by atoms with Gasteiger partial charge < -0.3 is 10.2 Å². The van der Waals surface area contributed by atoms with Gasteiger partial charge in [-0.2, -0.15) is 0 Å². The number of amides is 2. The summed E-state index contributed by atoms with van der Waals surface area (Å²) in [6.45, 7) is 4.02. The number of rotatable bonds is 6. The first-order chi connectivity index (χ1) is 13.5. The Bertz CT molecular complexity index is 1070. The molecule has 7 heteroatoms. The van der Waals surface area contributed by atoms with Crippen LogP contribution in [-0.2, 0) is 4.79 Å². The minimum atomic E-state index is -0.502. The number of carbonyl (C=O) groups excluding carboxylic acids is 2. The number of aryl methyl sites for hydroxylation is 1. The van der Waals surface area contributed by atoms with E-state index >= 15 is 0 Å². The molecule has 144 valence electrons. The molecule has 0 unspecified atom stereocenters. The molecule has 2 heterocycles. The van der Waals surface area contributed by atoms with Crippen molar-refractivity contribution in [3.63, 3.8) is 0 Å². The van der Waals surface area contributed by atoms with Crippen molar-refractivity contribution >= 4 is 23.1 Å². The molecule has 7 nitrogen and oxygen atoms in total. The Balaban J connectivity index is 1.83. The molecule has 1 N–H and O–H groups in total. The molecule has 0 atom stereocenters. The minimum Gasteiger partial charge on any atom is -0.329 e. The van der Waals surface area contributed by atoms with Gasteiger partial charge in [-0.25, -0.2) is 4.98 Å². The van der Waals surface area contributed by atoms with Gasteiger partial charge in [0.2, 0.25) is 5.91 Å². The SMILES string of the molecule is CCCN(CC(=O)Nc1ccccc1C)C(=O)c1cnc2ccccn2c1=O. The van der Waals surface area contributed by atoms with Crippen molar-refractivity contribution in [3.8, 4) is 0 Å². The van der Waals surface area contributed by atoms with Crippen molar-refractivity contribution in [2.45, 2.75) is 20.3 Å². The maximum absolute atomic E-state index is 12.9. The highest BCUT2D eigenvalue weighted by atomic mass is 16.2. The van der Waals surface area contributed by atoms with E-state index in [1.807, 2.05) is 32.0 Å². The Hall–Kier alpha value is -3.48. The number of fused-ring (bicyclic) bond motifs is 1. The topological polar surface area (TPSA) is 83.8 Å². The Morgan fingerprint density at radius 1 is 1.14 bits per heavy atom. The fourth-order valence-electron chi connectivity index (χ4n) is 2.94. The lowest BCUT2D eigenvalue weighted by molar-refractivity contribution is -0.116. The lowest BCUT2D eigenvalue weighted by Crippen LogP contribution is -2.41. The van der Waals surface area contributed by atoms with Crippen LogP contribution < -0.4 is 10.9 Å². The summed E-state index contributed by atoms with van der Waals surface area (Å²) in [6.07, 6.45) is 3.50. The van der Waals surface area contributed by atoms with Gasteiger partial charge in [-0.15, -0.1) is 0 Å². The highest BCUT2D eigenvalue weighted by molar-refractivity contribution is 5.99. The molecule has 3 aromatic rings. The van der Waals surface area contributed by atoms with Crippen molar-refractivity contribution in [2.24, 2.45) is 0 Å². The zero-order valence-electron chi connectivity index (χ0n) is 15.9. The number of nitrogens with one attached hydrogen (secondary N) is 1. The normalized spacial score (nSPS) is 10.6. The molecule has 28 heavy (non-hydrogen) atoms. The second kappa shape index (κ2) is 8.47. The minimum absolute atomic E-state index is 0.0548. The highest BCUT2D eigenvalue weighted by Crippen LogP contribution is 2.13. The van der Waals surface area contributed by atoms with E-state index in [2.05, 4.69) is 10.3 Å². The van der Waals surface area contributed by atoms with Gasteiger partial charge in [0.1, 0.15) is 17.8 Å². The van der Waals surface area contributed by atoms with E-state index in [1.165, 1.54) is 15.5 Å². The molecule has 3 rings (SSSR count). The first kappa shape index (κ1) is 19.3. The zero-order chi connectivity index (χ0) is 20.1. The van der Waals surface area contributed by atoms with Crippen LogP contribution >= 0.6 is 0 Å². The second-order valence-corrected chi connectivity index (χ2v) is 6.50. The number of para-hydroxylation sites is 1. The molecule has 0 aliphatic heterocycles. The molecular formula is C21H22N4O3. The van der Waals surface area contributed by atoms with Crippen LogP contribution in [0.4, 0.5) is 5.69 Å². The third-order valence-electron chi connectivity index (χ3n) is 4.38. The maximum Gasteiger partial charge on any atom is 0.270 e. The highest BCUT2D eigenvalue weighted by Gasteiger charge is 2.22. The van der Waals surface area contributed by atoms with Gasteiger partial charge in [-0.3, -0.25) is 18.8 Å². The molecule has 2 amide bonds. The van der Waals surface area contributed by atoms with Crippen LogP contribution in [0.3, 0.4) is 0 Å². The average Bonchev–Trinajstić information content (AvgIpc) is 2.69. The van der Waals surface area contributed by atoms with Gasteiger partial charge in [0.15, 0.2) is 0 Å². The molecule has 1 aromatic carbocycles. The lowest BCUT2D eigenvalue weighted by Gasteiger charge is -2.21. The van der Waals surface area contributed by atoms with Crippen molar-refractivity contribution in [2.75, 3.05) is 18.4 Å². The first-order valence-electron chi connectivity index (χ1n) is 9.12. The number of anilines is 1. The summed E-state index contributed by atoms with van der Waals surface area (Å²) in [5, 5.41) is 2.82. The molecule has 2 aromatic heterocycles. The fraction of sp³-hybridized carbons (Fsp3) is 0.238. The second-order valence-electron chi connectivity index (χ2n) is 6.50. The molecule has 0 radical (unpaired) electrons. The summed E-state index contributed by atoms with van der Waals surface area (Å²) < 4.78 is 1.32. The predicted molar refractivity (Wildman–Crippen MR) is 107 cm³/mol. The standard InChI is InChI=1S/C21H22N4O3/c1-3-11-24(14-19(26)23-17-9-5-4-8-15(17)2)20(27)16-13-22-18-10-6-7-12-25(18)21(16)28/h4-10,12-13H,3,11,14H2,1-2H3,(H,23,26). The van der Waals surface area contributed by atoms with Crippen LogP contribution in [0.15, 0.2) is 59.7 Å². The van der Waals surface area contributed by atoms with Gasteiger partial charge in [0.25, 0.3) is 11.5 Å². The predicted octanol–water partition coefficient (Wildman–Crippen LogP) is 2.49. The van der Waals surface area contributed by atoms with E-state index in [-0.39, 0.29) is 18.0 Å². The third kappa shape index (κ3) is 4.09. The number of nitrogens with zero attached hydrogens (tertiary/aromatic N) is 3. The van der Waals surface area contributed by atoms with Gasteiger partial charge >= 0.3 is 0 Å². The summed E-state index contributed by atoms with van der Waals surface area (Å²) in [4.78, 5) is 43.7. The summed E-state index contributed by atoms with van der Waals surface area (Å²) >= 11 is 0. The van der Waals surface area contributed by atoms with E-state index in [0.717, 1.165) is 5.56 Å². The van der Waals surface area contributed by atoms with Crippen LogP contribution in [0.5, 0.6) is 0 Å². The van der Waals surface area contributed by atoms with E-state index in [0.29, 0.717) is 24.3 Å². The van der Waals surface area contributed by atoms with Crippen molar-refractivity contribution in [3.05, 3.63) is 76.3 Å². The summed E-state index contributed by atoms with van der Waals surface area (Å²) in [5.74, 6) is -0.817. The van der Waals surface area contributed by atoms with E-state index < -0.39 is 11.5 Å². The van der Waals surface area contributed by atoms with Crippen LogP contribution in [0.2, 0.25) is 0 Å². The Morgan fingerprint density at radius 3 is 2.64 bits per heavy atom. The Morgan fingerprint density at radius 2 is 1.89 bits per heavy atom. The van der Waals surface area contributed by atoms with Gasteiger partial charge in [0, 0.05) is 24.6 Å². The number of benzene rings is 1. The van der Waals surface area contributed by atoms with Crippen LogP contribution in [0, 0.1) is 6.92 Å². The molecule has 0 fully saturated rings. The number of pyridine rings is 1. The number of carbonyl (C=O) groups is 2. The summed E-state index contributed by atoms with van der Waals surface area (Å²) in [7, 11) is 0. The fourth-order valence-corrected chi connectivity index (χ4v) is 2.94. The molecule has 0 saturated heterocycles. The van der Waals surface area contributed by atoms with Gasteiger partial charge in [-0.05, 0) is 37.1 Å². The zero-order valence-corrected chi connectivity index (χ0v) is 15.9. The van der Waals surface area contributed by atoms with Crippen LogP contribution in [0.1, 0.15) is 29.3 Å². The largest absolute Gasteiger partial charge is 0.329 e. The monoisotopic (exact) mass is 378 g/mol. The van der Waals surface area contributed by atoms with Crippen molar-refractivity contribution < 1.29 is 9.59 Å². The smallest absolute Gasteiger partial charge is 0.270 e. The van der Waals surface area contributed by atoms with Crippen LogP contribution in [-0.4, -0.2) is 39.2 Å². The quantitative estimate of drug-likeness (QED) is 0.714. The Kier molecular flexibility index (Phi) is 5.84. The molecule has 0 aliphatic carbocycles. The molecule has 0 aliphatic rings. The molecule has 0 spiro atoms. The molecular weight excluding hydrogens is 356 g/mol. The average molecular weight is 378 g/mol. The third-order valence-corrected chi connectivity index (χ3v) is 4.38. The van der Waals surface area contributed by atoms with Crippen molar-refractivity contribution in [1.82, 2.24) is 14.3 Å². The number of aromatic nitrogens is 2. The van der Waals surface area contributed by atoms with E-state index in [4.69, 9.17) is 0 Å². The summed E-state index contributed by atoms with van der Waals surface area (Å²) in [6, 6.07) is 12.6. The van der Waals surface area contributed by atoms with Crippen molar-refractivity contribution in [1.29, 1.82) is 0 Å². The van der Waals surface area contributed by atoms with Gasteiger partial charge in [-0.1, -0.05) is 31.2 Å². The maximum atomic E-state index is 12.9. The van der Waals surface area contributed by atoms with E-state index in [1.54, 1.807) is 30.5 Å².